The minimum absolute atomic E-state index is 0.0312. The molecule has 0 aromatic heterocycles. The first-order valence-electron chi connectivity index (χ1n) is 4.73. The lowest BCUT2D eigenvalue weighted by Gasteiger charge is -2.05. The van der Waals surface area contributed by atoms with Gasteiger partial charge in [0.15, 0.2) is 0 Å². The van der Waals surface area contributed by atoms with Crippen LogP contribution in [0.5, 0.6) is 0 Å². The maximum Gasteiger partial charge on any atom is 0.313 e. The zero-order chi connectivity index (χ0) is 10.3. The molecule has 13 heavy (non-hydrogen) atoms. The van der Waals surface area contributed by atoms with E-state index >= 15 is 0 Å². The Kier molecular flexibility index (Phi) is 6.20. The van der Waals surface area contributed by atoms with Gasteiger partial charge in [0.2, 0.25) is 0 Å². The monoisotopic (exact) mass is 186 g/mol. The Morgan fingerprint density at radius 1 is 1.31 bits per heavy atom. The van der Waals surface area contributed by atoms with Crippen molar-refractivity contribution < 1.29 is 14.3 Å². The average Bonchev–Trinajstić information content (AvgIpc) is 2.01. The number of ketones is 1. The SMILES string of the molecule is CCCC(=O)CC(=O)OCC(C)C. The van der Waals surface area contributed by atoms with Crippen LogP contribution in [0, 0.1) is 5.92 Å². The molecule has 3 heteroatoms. The van der Waals surface area contributed by atoms with Crippen LogP contribution in [0.25, 0.3) is 0 Å². The molecule has 0 fully saturated rings. The third kappa shape index (κ3) is 7.50. The van der Waals surface area contributed by atoms with Gasteiger partial charge in [-0.15, -0.1) is 0 Å². The lowest BCUT2D eigenvalue weighted by atomic mass is 10.2. The molecule has 0 unspecified atom stereocenters. The van der Waals surface area contributed by atoms with Gasteiger partial charge in [-0.1, -0.05) is 20.8 Å². The van der Waals surface area contributed by atoms with Crippen LogP contribution in [-0.2, 0) is 14.3 Å². The highest BCUT2D eigenvalue weighted by Gasteiger charge is 2.09. The Hall–Kier alpha value is -0.860. The third-order valence-corrected chi connectivity index (χ3v) is 1.45. The van der Waals surface area contributed by atoms with E-state index in [2.05, 4.69) is 0 Å². The van der Waals surface area contributed by atoms with E-state index in [9.17, 15) is 9.59 Å². The lowest BCUT2D eigenvalue weighted by molar-refractivity contribution is -0.147. The largest absolute Gasteiger partial charge is 0.465 e. The van der Waals surface area contributed by atoms with E-state index in [-0.39, 0.29) is 12.2 Å². The zero-order valence-corrected chi connectivity index (χ0v) is 8.63. The summed E-state index contributed by atoms with van der Waals surface area (Å²) in [6.07, 6.45) is 1.19. The standard InChI is InChI=1S/C10H18O3/c1-4-5-9(11)6-10(12)13-7-8(2)3/h8H,4-7H2,1-3H3. The van der Waals surface area contributed by atoms with Crippen molar-refractivity contribution in [3.63, 3.8) is 0 Å². The quantitative estimate of drug-likeness (QED) is 0.470. The van der Waals surface area contributed by atoms with Crippen LogP contribution in [0.1, 0.15) is 40.0 Å². The number of rotatable bonds is 6. The first-order chi connectivity index (χ1) is 6.06. The van der Waals surface area contributed by atoms with Crippen LogP contribution in [-0.4, -0.2) is 18.4 Å². The maximum atomic E-state index is 11.0. The number of carbonyl (C=O) groups is 2. The van der Waals surface area contributed by atoms with Gasteiger partial charge in [0.05, 0.1) is 6.61 Å². The van der Waals surface area contributed by atoms with Crippen molar-refractivity contribution in [1.82, 2.24) is 0 Å². The van der Waals surface area contributed by atoms with Crippen molar-refractivity contribution in [3.05, 3.63) is 0 Å². The van der Waals surface area contributed by atoms with Crippen molar-refractivity contribution in [2.24, 2.45) is 5.92 Å². The Bertz CT molecular complexity index is 173. The van der Waals surface area contributed by atoms with E-state index < -0.39 is 5.97 Å². The van der Waals surface area contributed by atoms with Gasteiger partial charge in [-0.25, -0.2) is 0 Å². The predicted molar refractivity (Wildman–Crippen MR) is 50.3 cm³/mol. The van der Waals surface area contributed by atoms with Gasteiger partial charge in [0, 0.05) is 6.42 Å². The first kappa shape index (κ1) is 12.1. The molecule has 0 heterocycles. The number of Topliss-reactive ketones (excluding diaryl/α,β-unsaturated/α-hetero) is 1. The molecule has 0 aliphatic carbocycles. The zero-order valence-electron chi connectivity index (χ0n) is 8.63. The van der Waals surface area contributed by atoms with Gasteiger partial charge in [-0.3, -0.25) is 9.59 Å². The summed E-state index contributed by atoms with van der Waals surface area (Å²) in [4.78, 5) is 22.0. The normalized spacial score (nSPS) is 10.2. The minimum Gasteiger partial charge on any atom is -0.465 e. The van der Waals surface area contributed by atoms with Crippen LogP contribution in [0.2, 0.25) is 0 Å². The fourth-order valence-electron chi connectivity index (χ4n) is 0.839. The molecular formula is C10H18O3. The number of esters is 1. The summed E-state index contributed by atoms with van der Waals surface area (Å²) in [5, 5.41) is 0. The molecule has 0 aromatic rings. The molecule has 0 saturated carbocycles. The van der Waals surface area contributed by atoms with Gasteiger partial charge in [0.1, 0.15) is 12.2 Å². The molecule has 0 amide bonds. The van der Waals surface area contributed by atoms with E-state index in [4.69, 9.17) is 4.74 Å². The Labute approximate surface area is 79.5 Å². The summed E-state index contributed by atoms with van der Waals surface area (Å²) in [5.41, 5.74) is 0. The Balaban J connectivity index is 3.56. The number of ether oxygens (including phenoxy) is 1. The fourth-order valence-corrected chi connectivity index (χ4v) is 0.839. The summed E-state index contributed by atoms with van der Waals surface area (Å²) in [6, 6.07) is 0. The first-order valence-corrected chi connectivity index (χ1v) is 4.73. The van der Waals surface area contributed by atoms with Crippen molar-refractivity contribution >= 4 is 11.8 Å². The van der Waals surface area contributed by atoms with Crippen LogP contribution in [0.4, 0.5) is 0 Å². The summed E-state index contributed by atoms with van der Waals surface area (Å²) in [6.45, 7) is 6.23. The second-order valence-corrected chi connectivity index (χ2v) is 3.54. The smallest absolute Gasteiger partial charge is 0.313 e. The average molecular weight is 186 g/mol. The molecule has 0 radical (unpaired) electrons. The summed E-state index contributed by atoms with van der Waals surface area (Å²) in [5.74, 6) is -0.103. The van der Waals surface area contributed by atoms with E-state index in [0.717, 1.165) is 6.42 Å². The molecule has 0 rings (SSSR count). The lowest BCUT2D eigenvalue weighted by Crippen LogP contribution is -2.13. The highest BCUT2D eigenvalue weighted by Crippen LogP contribution is 1.99. The van der Waals surface area contributed by atoms with E-state index in [1.165, 1.54) is 0 Å². The molecule has 0 aliphatic rings. The van der Waals surface area contributed by atoms with Crippen molar-refractivity contribution in [2.75, 3.05) is 6.61 Å². The number of carbonyl (C=O) groups excluding carboxylic acids is 2. The molecule has 0 spiro atoms. The third-order valence-electron chi connectivity index (χ3n) is 1.45. The highest BCUT2D eigenvalue weighted by atomic mass is 16.5. The van der Waals surface area contributed by atoms with Crippen LogP contribution in [0.3, 0.4) is 0 Å². The molecule has 0 bridgehead atoms. The molecular weight excluding hydrogens is 168 g/mol. The Morgan fingerprint density at radius 2 is 1.92 bits per heavy atom. The van der Waals surface area contributed by atoms with E-state index in [1.807, 2.05) is 20.8 Å². The van der Waals surface area contributed by atoms with Crippen molar-refractivity contribution in [2.45, 2.75) is 40.0 Å². The van der Waals surface area contributed by atoms with Crippen molar-refractivity contribution in [3.8, 4) is 0 Å². The summed E-state index contributed by atoms with van der Waals surface area (Å²) >= 11 is 0. The van der Waals surface area contributed by atoms with Crippen LogP contribution < -0.4 is 0 Å². The fraction of sp³-hybridized carbons (Fsp3) is 0.800. The van der Waals surface area contributed by atoms with Crippen LogP contribution in [0.15, 0.2) is 0 Å². The van der Waals surface area contributed by atoms with Gasteiger partial charge in [0.25, 0.3) is 0 Å². The van der Waals surface area contributed by atoms with Gasteiger partial charge < -0.3 is 4.74 Å². The van der Waals surface area contributed by atoms with E-state index in [1.54, 1.807) is 0 Å². The second kappa shape index (κ2) is 6.63. The summed E-state index contributed by atoms with van der Waals surface area (Å²) in [7, 11) is 0. The molecule has 3 nitrogen and oxygen atoms in total. The topological polar surface area (TPSA) is 43.4 Å². The second-order valence-electron chi connectivity index (χ2n) is 3.54. The molecule has 0 aromatic carbocycles. The molecule has 0 atom stereocenters. The Morgan fingerprint density at radius 3 is 2.38 bits per heavy atom. The minimum atomic E-state index is -0.396. The van der Waals surface area contributed by atoms with Gasteiger partial charge in [-0.2, -0.15) is 0 Å². The molecule has 0 N–H and O–H groups in total. The highest BCUT2D eigenvalue weighted by molar-refractivity contribution is 5.95. The molecule has 76 valence electrons. The summed E-state index contributed by atoms with van der Waals surface area (Å²) < 4.78 is 4.86. The number of hydrogen-bond donors (Lipinski definition) is 0. The van der Waals surface area contributed by atoms with E-state index in [0.29, 0.717) is 18.9 Å². The molecule has 0 saturated heterocycles. The van der Waals surface area contributed by atoms with Crippen LogP contribution >= 0.6 is 0 Å². The van der Waals surface area contributed by atoms with Crippen molar-refractivity contribution in [1.29, 1.82) is 0 Å². The molecule has 0 aliphatic heterocycles. The van der Waals surface area contributed by atoms with Gasteiger partial charge in [-0.05, 0) is 12.3 Å². The maximum absolute atomic E-state index is 11.0. The predicted octanol–water partition coefficient (Wildman–Crippen LogP) is 1.94. The number of hydrogen-bond acceptors (Lipinski definition) is 3. The van der Waals surface area contributed by atoms with Gasteiger partial charge >= 0.3 is 5.97 Å².